The van der Waals surface area contributed by atoms with Crippen LogP contribution in [0.15, 0.2) is 24.3 Å². The molecule has 3 heteroatoms. The monoisotopic (exact) mass is 206 g/mol. The highest BCUT2D eigenvalue weighted by atomic mass is 19.1. The van der Waals surface area contributed by atoms with Crippen LogP contribution in [0.25, 0.3) is 0 Å². The summed E-state index contributed by atoms with van der Waals surface area (Å²) in [7, 11) is 0. The Kier molecular flexibility index (Phi) is 1.96. The normalized spacial score (nSPS) is 23.1. The Morgan fingerprint density at radius 1 is 1.20 bits per heavy atom. The Labute approximate surface area is 89.1 Å². The Hall–Kier alpha value is -1.09. The van der Waals surface area contributed by atoms with E-state index in [1.165, 1.54) is 18.6 Å². The minimum Gasteiger partial charge on any atom is -0.370 e. The second kappa shape index (κ2) is 3.20. The fourth-order valence-corrected chi connectivity index (χ4v) is 2.66. The Morgan fingerprint density at radius 2 is 1.93 bits per heavy atom. The van der Waals surface area contributed by atoms with Crippen molar-refractivity contribution in [2.75, 3.05) is 31.1 Å². The smallest absolute Gasteiger partial charge is 0.123 e. The quantitative estimate of drug-likeness (QED) is 0.751. The molecule has 0 aromatic heterocycles. The van der Waals surface area contributed by atoms with E-state index in [1.807, 2.05) is 12.1 Å². The molecule has 15 heavy (non-hydrogen) atoms. The Morgan fingerprint density at radius 3 is 2.53 bits per heavy atom. The van der Waals surface area contributed by atoms with E-state index in [0.29, 0.717) is 5.41 Å². The van der Waals surface area contributed by atoms with E-state index in [0.717, 1.165) is 31.9 Å². The van der Waals surface area contributed by atoms with Crippen molar-refractivity contribution in [1.82, 2.24) is 5.32 Å². The van der Waals surface area contributed by atoms with Crippen LogP contribution in [-0.2, 0) is 0 Å². The molecule has 0 aliphatic carbocycles. The van der Waals surface area contributed by atoms with Crippen molar-refractivity contribution < 1.29 is 4.39 Å². The maximum absolute atomic E-state index is 12.7. The van der Waals surface area contributed by atoms with Crippen LogP contribution < -0.4 is 10.2 Å². The van der Waals surface area contributed by atoms with Crippen molar-refractivity contribution in [3.8, 4) is 0 Å². The van der Waals surface area contributed by atoms with Crippen molar-refractivity contribution in [2.45, 2.75) is 6.42 Å². The van der Waals surface area contributed by atoms with Gasteiger partial charge in [-0.25, -0.2) is 4.39 Å². The fraction of sp³-hybridized carbons (Fsp3) is 0.500. The van der Waals surface area contributed by atoms with Crippen LogP contribution in [-0.4, -0.2) is 26.2 Å². The molecule has 2 nitrogen and oxygen atoms in total. The average molecular weight is 206 g/mol. The molecule has 3 rings (SSSR count). The number of hydrogen-bond acceptors (Lipinski definition) is 2. The van der Waals surface area contributed by atoms with Crippen molar-refractivity contribution >= 4 is 5.69 Å². The van der Waals surface area contributed by atoms with Gasteiger partial charge in [0.05, 0.1) is 0 Å². The van der Waals surface area contributed by atoms with Gasteiger partial charge in [0, 0.05) is 30.7 Å². The van der Waals surface area contributed by atoms with Gasteiger partial charge in [0.1, 0.15) is 5.82 Å². The largest absolute Gasteiger partial charge is 0.370 e. The molecule has 2 saturated heterocycles. The minimum absolute atomic E-state index is 0.156. The van der Waals surface area contributed by atoms with Crippen LogP contribution in [0.5, 0.6) is 0 Å². The predicted molar refractivity (Wildman–Crippen MR) is 58.5 cm³/mol. The molecule has 2 fully saturated rings. The summed E-state index contributed by atoms with van der Waals surface area (Å²) in [6.45, 7) is 4.53. The minimum atomic E-state index is -0.156. The van der Waals surface area contributed by atoms with Gasteiger partial charge >= 0.3 is 0 Å². The third-order valence-corrected chi connectivity index (χ3v) is 3.58. The van der Waals surface area contributed by atoms with E-state index in [1.54, 1.807) is 0 Å². The lowest BCUT2D eigenvalue weighted by molar-refractivity contribution is 0.243. The van der Waals surface area contributed by atoms with Gasteiger partial charge in [-0.3, -0.25) is 0 Å². The number of anilines is 1. The summed E-state index contributed by atoms with van der Waals surface area (Å²) in [5.41, 5.74) is 1.66. The number of nitrogens with zero attached hydrogens (tertiary/aromatic N) is 1. The molecule has 1 N–H and O–H groups in total. The van der Waals surface area contributed by atoms with Crippen LogP contribution >= 0.6 is 0 Å². The lowest BCUT2D eigenvalue weighted by Crippen LogP contribution is -2.57. The summed E-state index contributed by atoms with van der Waals surface area (Å²) in [6.07, 6.45) is 1.28. The molecule has 0 unspecified atom stereocenters. The summed E-state index contributed by atoms with van der Waals surface area (Å²) >= 11 is 0. The summed E-state index contributed by atoms with van der Waals surface area (Å²) < 4.78 is 12.7. The van der Waals surface area contributed by atoms with Crippen molar-refractivity contribution in [3.05, 3.63) is 30.1 Å². The number of rotatable bonds is 1. The van der Waals surface area contributed by atoms with Crippen molar-refractivity contribution in [2.24, 2.45) is 5.41 Å². The summed E-state index contributed by atoms with van der Waals surface area (Å²) in [6, 6.07) is 6.80. The zero-order valence-electron chi connectivity index (χ0n) is 8.67. The van der Waals surface area contributed by atoms with Gasteiger partial charge in [0.15, 0.2) is 0 Å². The van der Waals surface area contributed by atoms with Crippen LogP contribution in [0.2, 0.25) is 0 Å². The second-order valence-electron chi connectivity index (χ2n) is 4.76. The van der Waals surface area contributed by atoms with Crippen LogP contribution in [0.3, 0.4) is 0 Å². The van der Waals surface area contributed by atoms with E-state index in [4.69, 9.17) is 0 Å². The number of benzene rings is 1. The van der Waals surface area contributed by atoms with Gasteiger partial charge in [-0.1, -0.05) is 0 Å². The van der Waals surface area contributed by atoms with Gasteiger partial charge in [-0.05, 0) is 37.2 Å². The molecule has 0 saturated carbocycles. The van der Waals surface area contributed by atoms with E-state index < -0.39 is 0 Å². The number of hydrogen-bond donors (Lipinski definition) is 1. The van der Waals surface area contributed by atoms with Gasteiger partial charge in [-0.2, -0.15) is 0 Å². The number of halogens is 1. The highest BCUT2D eigenvalue weighted by molar-refractivity contribution is 5.50. The first kappa shape index (κ1) is 9.16. The Balaban J connectivity index is 1.69. The first-order valence-corrected chi connectivity index (χ1v) is 5.49. The molecule has 0 radical (unpaired) electrons. The van der Waals surface area contributed by atoms with Gasteiger partial charge in [0.25, 0.3) is 0 Å². The van der Waals surface area contributed by atoms with Crippen LogP contribution in [0, 0.1) is 11.2 Å². The standard InChI is InChI=1S/C12H15FN2/c13-10-1-3-11(4-2-10)15-8-12(9-15)5-6-14-7-12/h1-4,14H,5-9H2. The molecular weight excluding hydrogens is 191 g/mol. The van der Waals surface area contributed by atoms with Crippen molar-refractivity contribution in [1.29, 1.82) is 0 Å². The van der Waals surface area contributed by atoms with E-state index in [-0.39, 0.29) is 5.82 Å². The SMILES string of the molecule is Fc1ccc(N2CC3(CCNC3)C2)cc1. The maximum atomic E-state index is 12.7. The zero-order chi connectivity index (χ0) is 10.3. The van der Waals surface area contributed by atoms with E-state index in [9.17, 15) is 4.39 Å². The average Bonchev–Trinajstić information content (AvgIpc) is 2.66. The van der Waals surface area contributed by atoms with Gasteiger partial charge in [0.2, 0.25) is 0 Å². The summed E-state index contributed by atoms with van der Waals surface area (Å²) in [4.78, 5) is 2.33. The van der Waals surface area contributed by atoms with Gasteiger partial charge < -0.3 is 10.2 Å². The Bertz CT molecular complexity index is 346. The molecule has 1 aromatic rings. The first-order chi connectivity index (χ1) is 7.27. The first-order valence-electron chi connectivity index (χ1n) is 5.49. The fourth-order valence-electron chi connectivity index (χ4n) is 2.66. The van der Waals surface area contributed by atoms with Gasteiger partial charge in [-0.15, -0.1) is 0 Å². The van der Waals surface area contributed by atoms with E-state index >= 15 is 0 Å². The molecule has 0 atom stereocenters. The summed E-state index contributed by atoms with van der Waals surface area (Å²) in [5.74, 6) is -0.156. The molecule has 1 aromatic carbocycles. The molecule has 0 amide bonds. The molecular formula is C12H15FN2. The van der Waals surface area contributed by atoms with E-state index in [2.05, 4.69) is 10.2 Å². The molecule has 2 heterocycles. The molecule has 80 valence electrons. The third kappa shape index (κ3) is 1.51. The third-order valence-electron chi connectivity index (χ3n) is 3.58. The number of nitrogens with one attached hydrogen (secondary N) is 1. The zero-order valence-corrected chi connectivity index (χ0v) is 8.67. The highest BCUT2D eigenvalue weighted by Gasteiger charge is 2.44. The van der Waals surface area contributed by atoms with Crippen LogP contribution in [0.4, 0.5) is 10.1 Å². The predicted octanol–water partition coefficient (Wildman–Crippen LogP) is 1.63. The lowest BCUT2D eigenvalue weighted by Gasteiger charge is -2.49. The second-order valence-corrected chi connectivity index (χ2v) is 4.76. The van der Waals surface area contributed by atoms with Crippen molar-refractivity contribution in [3.63, 3.8) is 0 Å². The lowest BCUT2D eigenvalue weighted by atomic mass is 9.79. The highest BCUT2D eigenvalue weighted by Crippen LogP contribution is 2.38. The van der Waals surface area contributed by atoms with Crippen LogP contribution in [0.1, 0.15) is 6.42 Å². The topological polar surface area (TPSA) is 15.3 Å². The molecule has 2 aliphatic rings. The summed E-state index contributed by atoms with van der Waals surface area (Å²) in [5, 5.41) is 3.41. The molecule has 2 aliphatic heterocycles. The maximum Gasteiger partial charge on any atom is 0.123 e. The molecule has 0 bridgehead atoms. The molecule has 1 spiro atoms.